The standard InChI is InChI=1S/C23H14BrNO7/c24-17-6-2-4-8-20(17)32-22-13-31-21-11-14(9-10-16(21)23(22)27)30-12-19(26)15-5-1-3-7-18(15)25(28)29/h1-11,13H,12H2. The fraction of sp³-hybridized carbons (Fsp3) is 0.0435. The molecule has 1 heterocycles. The molecular formula is C23H14BrNO7. The molecule has 0 aliphatic carbocycles. The maximum absolute atomic E-state index is 12.7. The number of Topliss-reactive ketones (excluding diaryl/α,β-unsaturated/α-hetero) is 1. The van der Waals surface area contributed by atoms with Gasteiger partial charge < -0.3 is 13.9 Å². The summed E-state index contributed by atoms with van der Waals surface area (Å²) >= 11 is 3.36. The Balaban J connectivity index is 1.53. The van der Waals surface area contributed by atoms with Gasteiger partial charge in [-0.3, -0.25) is 19.7 Å². The summed E-state index contributed by atoms with van der Waals surface area (Å²) in [5, 5.41) is 11.4. The highest BCUT2D eigenvalue weighted by molar-refractivity contribution is 9.10. The predicted molar refractivity (Wildman–Crippen MR) is 120 cm³/mol. The zero-order valence-electron chi connectivity index (χ0n) is 16.3. The lowest BCUT2D eigenvalue weighted by molar-refractivity contribution is -0.385. The second kappa shape index (κ2) is 9.03. The van der Waals surface area contributed by atoms with Gasteiger partial charge in [0.2, 0.25) is 17.0 Å². The van der Waals surface area contributed by atoms with Crippen molar-refractivity contribution in [3.05, 3.63) is 103 Å². The number of carbonyl (C=O) groups excluding carboxylic acids is 1. The number of ketones is 1. The van der Waals surface area contributed by atoms with Gasteiger partial charge >= 0.3 is 0 Å². The Kier molecular flexibility index (Phi) is 6.00. The van der Waals surface area contributed by atoms with Crippen LogP contribution in [0.25, 0.3) is 11.0 Å². The smallest absolute Gasteiger partial charge is 0.280 e. The molecule has 0 aliphatic rings. The van der Waals surface area contributed by atoms with Crippen molar-refractivity contribution >= 4 is 38.4 Å². The number of para-hydroxylation sites is 2. The molecule has 160 valence electrons. The van der Waals surface area contributed by atoms with Gasteiger partial charge in [-0.05, 0) is 46.3 Å². The van der Waals surface area contributed by atoms with Gasteiger partial charge in [0.25, 0.3) is 5.69 Å². The maximum Gasteiger partial charge on any atom is 0.280 e. The molecule has 0 aliphatic heterocycles. The molecule has 0 atom stereocenters. The molecule has 0 fully saturated rings. The van der Waals surface area contributed by atoms with Crippen LogP contribution in [0.4, 0.5) is 5.69 Å². The van der Waals surface area contributed by atoms with Crippen LogP contribution >= 0.6 is 15.9 Å². The average molecular weight is 496 g/mol. The minimum absolute atomic E-state index is 0.0182. The highest BCUT2D eigenvalue weighted by Crippen LogP contribution is 2.29. The average Bonchev–Trinajstić information content (AvgIpc) is 2.80. The van der Waals surface area contributed by atoms with E-state index in [9.17, 15) is 19.7 Å². The monoisotopic (exact) mass is 495 g/mol. The van der Waals surface area contributed by atoms with Crippen molar-refractivity contribution in [1.29, 1.82) is 0 Å². The van der Waals surface area contributed by atoms with E-state index in [1.54, 1.807) is 24.3 Å². The molecule has 8 nitrogen and oxygen atoms in total. The number of nitro groups is 1. The van der Waals surface area contributed by atoms with E-state index >= 15 is 0 Å². The first-order valence-electron chi connectivity index (χ1n) is 9.31. The summed E-state index contributed by atoms with van der Waals surface area (Å²) < 4.78 is 17.3. The number of nitrogens with zero attached hydrogens (tertiary/aromatic N) is 1. The van der Waals surface area contributed by atoms with Crippen molar-refractivity contribution in [2.45, 2.75) is 0 Å². The Hall–Kier alpha value is -3.98. The van der Waals surface area contributed by atoms with Gasteiger partial charge in [0, 0.05) is 12.1 Å². The van der Waals surface area contributed by atoms with Crippen molar-refractivity contribution in [2.24, 2.45) is 0 Å². The van der Waals surface area contributed by atoms with E-state index in [4.69, 9.17) is 13.9 Å². The van der Waals surface area contributed by atoms with Gasteiger partial charge in [-0.2, -0.15) is 0 Å². The predicted octanol–water partition coefficient (Wildman–Crippen LogP) is 5.52. The van der Waals surface area contributed by atoms with Crippen LogP contribution in [-0.2, 0) is 0 Å². The molecular weight excluding hydrogens is 482 g/mol. The number of fused-ring (bicyclic) bond motifs is 1. The number of halogens is 1. The molecule has 4 rings (SSSR count). The first-order chi connectivity index (χ1) is 15.4. The summed E-state index contributed by atoms with van der Waals surface area (Å²) in [4.78, 5) is 35.6. The fourth-order valence-corrected chi connectivity index (χ4v) is 3.36. The van der Waals surface area contributed by atoms with Crippen LogP contribution in [0.2, 0.25) is 0 Å². The third-order valence-electron chi connectivity index (χ3n) is 4.54. The van der Waals surface area contributed by atoms with E-state index < -0.39 is 17.3 Å². The van der Waals surface area contributed by atoms with Gasteiger partial charge in [-0.25, -0.2) is 0 Å². The third-order valence-corrected chi connectivity index (χ3v) is 5.20. The normalized spacial score (nSPS) is 10.7. The highest BCUT2D eigenvalue weighted by Gasteiger charge is 2.19. The molecule has 0 amide bonds. The van der Waals surface area contributed by atoms with Crippen LogP contribution < -0.4 is 14.9 Å². The van der Waals surface area contributed by atoms with Crippen molar-refractivity contribution in [1.82, 2.24) is 0 Å². The van der Waals surface area contributed by atoms with E-state index in [2.05, 4.69) is 15.9 Å². The van der Waals surface area contributed by atoms with E-state index in [0.717, 1.165) is 0 Å². The zero-order chi connectivity index (χ0) is 22.7. The van der Waals surface area contributed by atoms with Gasteiger partial charge in [-0.15, -0.1) is 0 Å². The molecule has 0 bridgehead atoms. The van der Waals surface area contributed by atoms with Gasteiger partial charge in [-0.1, -0.05) is 24.3 Å². The number of nitro benzene ring substituents is 1. The second-order valence-electron chi connectivity index (χ2n) is 6.61. The van der Waals surface area contributed by atoms with Crippen LogP contribution in [0.15, 0.2) is 86.7 Å². The maximum atomic E-state index is 12.7. The fourth-order valence-electron chi connectivity index (χ4n) is 2.99. The molecule has 1 aromatic heterocycles. The Bertz CT molecular complexity index is 1400. The number of benzene rings is 3. The molecule has 0 saturated heterocycles. The van der Waals surface area contributed by atoms with E-state index in [0.29, 0.717) is 10.2 Å². The summed E-state index contributed by atoms with van der Waals surface area (Å²) in [5.41, 5.74) is -0.462. The lowest BCUT2D eigenvalue weighted by Crippen LogP contribution is -2.13. The number of carbonyl (C=O) groups is 1. The van der Waals surface area contributed by atoms with Gasteiger partial charge in [0.05, 0.1) is 20.3 Å². The Morgan fingerprint density at radius 1 is 1.03 bits per heavy atom. The summed E-state index contributed by atoms with van der Waals surface area (Å²) in [5.74, 6) is 0.209. The number of hydrogen-bond acceptors (Lipinski definition) is 7. The Morgan fingerprint density at radius 2 is 1.78 bits per heavy atom. The molecule has 32 heavy (non-hydrogen) atoms. The van der Waals surface area contributed by atoms with Crippen LogP contribution in [0.1, 0.15) is 10.4 Å². The van der Waals surface area contributed by atoms with Gasteiger partial charge in [0.15, 0.2) is 6.61 Å². The van der Waals surface area contributed by atoms with Crippen molar-refractivity contribution < 1.29 is 23.6 Å². The Labute approximate surface area is 189 Å². The van der Waals surface area contributed by atoms with Crippen LogP contribution in [0, 0.1) is 10.1 Å². The number of rotatable bonds is 7. The Morgan fingerprint density at radius 3 is 2.56 bits per heavy atom. The minimum atomic E-state index is -0.619. The largest absolute Gasteiger partial charge is 0.485 e. The summed E-state index contributed by atoms with van der Waals surface area (Å²) in [6.45, 7) is -0.413. The van der Waals surface area contributed by atoms with Crippen LogP contribution in [0.3, 0.4) is 0 Å². The molecule has 0 saturated carbocycles. The molecule has 0 radical (unpaired) electrons. The second-order valence-corrected chi connectivity index (χ2v) is 7.46. The lowest BCUT2D eigenvalue weighted by atomic mass is 10.1. The SMILES string of the molecule is O=C(COc1ccc2c(=O)c(Oc3ccccc3Br)coc2c1)c1ccccc1[N+](=O)[O-]. The number of hydrogen-bond donors (Lipinski definition) is 0. The zero-order valence-corrected chi connectivity index (χ0v) is 17.9. The summed E-state index contributed by atoms with van der Waals surface area (Å²) in [6.07, 6.45) is 1.20. The van der Waals surface area contributed by atoms with E-state index in [-0.39, 0.29) is 39.1 Å². The quantitative estimate of drug-likeness (QED) is 0.188. The van der Waals surface area contributed by atoms with Crippen molar-refractivity contribution in [3.63, 3.8) is 0 Å². The molecule has 9 heteroatoms. The minimum Gasteiger partial charge on any atom is -0.485 e. The van der Waals surface area contributed by atoms with Gasteiger partial charge in [0.1, 0.15) is 23.3 Å². The molecule has 0 unspecified atom stereocenters. The summed E-state index contributed by atoms with van der Waals surface area (Å²) in [7, 11) is 0. The lowest BCUT2D eigenvalue weighted by Gasteiger charge is -2.09. The molecule has 3 aromatic carbocycles. The summed E-state index contributed by atoms with van der Waals surface area (Å²) in [6, 6.07) is 17.2. The first kappa shape index (κ1) is 21.3. The topological polar surface area (TPSA) is 109 Å². The molecule has 0 N–H and O–H groups in total. The number of ether oxygens (including phenoxy) is 2. The third kappa shape index (κ3) is 4.37. The molecule has 0 spiro atoms. The van der Waals surface area contributed by atoms with Crippen LogP contribution in [0.5, 0.6) is 17.2 Å². The first-order valence-corrected chi connectivity index (χ1v) is 10.1. The highest BCUT2D eigenvalue weighted by atomic mass is 79.9. The van der Waals surface area contributed by atoms with Crippen molar-refractivity contribution in [2.75, 3.05) is 6.61 Å². The van der Waals surface area contributed by atoms with E-state index in [1.807, 2.05) is 6.07 Å². The molecule has 4 aromatic rings. The van der Waals surface area contributed by atoms with Crippen molar-refractivity contribution in [3.8, 4) is 17.2 Å². The van der Waals surface area contributed by atoms with E-state index in [1.165, 1.54) is 42.7 Å². The van der Waals surface area contributed by atoms with Crippen LogP contribution in [-0.4, -0.2) is 17.3 Å².